The molecule has 4 nitrogen and oxygen atoms in total. The summed E-state index contributed by atoms with van der Waals surface area (Å²) in [4.78, 5) is 21.7. The summed E-state index contributed by atoms with van der Waals surface area (Å²) < 4.78 is 0. The van der Waals surface area contributed by atoms with Gasteiger partial charge in [0.25, 0.3) is 0 Å². The Kier molecular flexibility index (Phi) is 4.60. The number of carboxylic acids is 1. The largest absolute Gasteiger partial charge is 0.481 e. The van der Waals surface area contributed by atoms with Crippen molar-refractivity contribution in [2.45, 2.75) is 46.1 Å². The number of carbonyl (C=O) groups is 2. The van der Waals surface area contributed by atoms with Crippen molar-refractivity contribution < 1.29 is 14.7 Å². The van der Waals surface area contributed by atoms with Gasteiger partial charge in [0.15, 0.2) is 0 Å². The molecule has 0 rings (SSSR count). The normalized spacial score (nSPS) is 11.5. The number of nitrogens with one attached hydrogen (secondary N) is 1. The fraction of sp³-hybridized carbons (Fsp3) is 0.800. The molecule has 0 aromatic rings. The van der Waals surface area contributed by atoms with Crippen molar-refractivity contribution in [3.63, 3.8) is 0 Å². The Hall–Kier alpha value is -1.06. The molecule has 0 aliphatic rings. The van der Waals surface area contributed by atoms with Crippen molar-refractivity contribution in [2.75, 3.05) is 0 Å². The molecule has 0 aromatic heterocycles. The lowest BCUT2D eigenvalue weighted by atomic mass is 9.97. The van der Waals surface area contributed by atoms with E-state index in [-0.39, 0.29) is 18.2 Å². The third-order valence-electron chi connectivity index (χ3n) is 1.95. The minimum absolute atomic E-state index is 0.0413. The lowest BCUT2D eigenvalue weighted by Crippen LogP contribution is -2.45. The molecule has 1 amide bonds. The number of hydrogen-bond acceptors (Lipinski definition) is 2. The van der Waals surface area contributed by atoms with Crippen LogP contribution in [0.3, 0.4) is 0 Å². The van der Waals surface area contributed by atoms with Crippen LogP contribution in [0.2, 0.25) is 0 Å². The molecule has 0 spiro atoms. The number of hydrogen-bond donors (Lipinski definition) is 2. The van der Waals surface area contributed by atoms with Crippen molar-refractivity contribution in [3.8, 4) is 0 Å². The predicted octanol–water partition coefficient (Wildman–Crippen LogP) is 1.40. The maximum atomic E-state index is 11.3. The SMILES string of the molecule is CC(C)C(=O)NC(C)(C)CCC(=O)O. The van der Waals surface area contributed by atoms with Crippen LogP contribution < -0.4 is 5.32 Å². The van der Waals surface area contributed by atoms with Gasteiger partial charge >= 0.3 is 5.97 Å². The predicted molar refractivity (Wildman–Crippen MR) is 53.9 cm³/mol. The second kappa shape index (κ2) is 4.98. The highest BCUT2D eigenvalue weighted by Gasteiger charge is 2.22. The highest BCUT2D eigenvalue weighted by molar-refractivity contribution is 5.78. The summed E-state index contributed by atoms with van der Waals surface area (Å²) in [6.07, 6.45) is 0.520. The van der Waals surface area contributed by atoms with Crippen LogP contribution >= 0.6 is 0 Å². The first-order valence-electron chi connectivity index (χ1n) is 4.78. The summed E-state index contributed by atoms with van der Waals surface area (Å²) in [5.41, 5.74) is -0.445. The summed E-state index contributed by atoms with van der Waals surface area (Å²) >= 11 is 0. The summed E-state index contributed by atoms with van der Waals surface area (Å²) in [6.45, 7) is 7.28. The van der Waals surface area contributed by atoms with Crippen LogP contribution in [-0.2, 0) is 9.59 Å². The van der Waals surface area contributed by atoms with Crippen molar-refractivity contribution in [3.05, 3.63) is 0 Å². The lowest BCUT2D eigenvalue weighted by molar-refractivity contribution is -0.138. The van der Waals surface area contributed by atoms with Gasteiger partial charge in [-0.25, -0.2) is 0 Å². The molecular formula is C10H19NO3. The minimum atomic E-state index is -0.836. The van der Waals surface area contributed by atoms with Crippen molar-refractivity contribution >= 4 is 11.9 Å². The Morgan fingerprint density at radius 3 is 2.21 bits per heavy atom. The van der Waals surface area contributed by atoms with E-state index in [1.165, 1.54) is 0 Å². The molecule has 82 valence electrons. The van der Waals surface area contributed by atoms with Gasteiger partial charge in [0.05, 0.1) is 0 Å². The van der Waals surface area contributed by atoms with Gasteiger partial charge in [-0.05, 0) is 20.3 Å². The van der Waals surface area contributed by atoms with Crippen LogP contribution in [0, 0.1) is 5.92 Å². The van der Waals surface area contributed by atoms with E-state index in [4.69, 9.17) is 5.11 Å². The van der Waals surface area contributed by atoms with E-state index in [0.29, 0.717) is 6.42 Å². The zero-order valence-electron chi connectivity index (χ0n) is 9.26. The maximum Gasteiger partial charge on any atom is 0.303 e. The molecule has 0 bridgehead atoms. The van der Waals surface area contributed by atoms with Gasteiger partial charge < -0.3 is 10.4 Å². The second-order valence-electron chi connectivity index (χ2n) is 4.42. The number of carboxylic acid groups (broad SMARTS) is 1. The first-order chi connectivity index (χ1) is 6.24. The van der Waals surface area contributed by atoms with Gasteiger partial charge in [0.2, 0.25) is 5.91 Å². The van der Waals surface area contributed by atoms with Crippen LogP contribution in [0.1, 0.15) is 40.5 Å². The van der Waals surface area contributed by atoms with Crippen molar-refractivity contribution in [2.24, 2.45) is 5.92 Å². The van der Waals surface area contributed by atoms with E-state index < -0.39 is 11.5 Å². The highest BCUT2D eigenvalue weighted by atomic mass is 16.4. The molecule has 2 N–H and O–H groups in total. The Morgan fingerprint density at radius 1 is 1.36 bits per heavy atom. The molecule has 0 aromatic carbocycles. The molecule has 0 aliphatic heterocycles. The zero-order valence-corrected chi connectivity index (χ0v) is 9.26. The summed E-state index contributed by atoms with van der Waals surface area (Å²) in [6, 6.07) is 0. The average molecular weight is 201 g/mol. The number of amides is 1. The Balaban J connectivity index is 4.06. The average Bonchev–Trinajstić information content (AvgIpc) is 2.00. The van der Waals surface area contributed by atoms with Crippen LogP contribution in [0.5, 0.6) is 0 Å². The van der Waals surface area contributed by atoms with Crippen molar-refractivity contribution in [1.29, 1.82) is 0 Å². The molecule has 0 radical (unpaired) electrons. The topological polar surface area (TPSA) is 66.4 Å². The van der Waals surface area contributed by atoms with E-state index in [2.05, 4.69) is 5.32 Å². The Morgan fingerprint density at radius 2 is 1.86 bits per heavy atom. The van der Waals surface area contributed by atoms with E-state index in [9.17, 15) is 9.59 Å². The van der Waals surface area contributed by atoms with E-state index in [0.717, 1.165) is 0 Å². The molecule has 0 atom stereocenters. The van der Waals surface area contributed by atoms with Crippen molar-refractivity contribution in [1.82, 2.24) is 5.32 Å². The first-order valence-corrected chi connectivity index (χ1v) is 4.78. The molecule has 0 saturated carbocycles. The van der Waals surface area contributed by atoms with E-state index >= 15 is 0 Å². The number of carbonyl (C=O) groups excluding carboxylic acids is 1. The van der Waals surface area contributed by atoms with Crippen LogP contribution in [-0.4, -0.2) is 22.5 Å². The number of rotatable bonds is 5. The van der Waals surface area contributed by atoms with Gasteiger partial charge in [-0.15, -0.1) is 0 Å². The quantitative estimate of drug-likeness (QED) is 0.706. The summed E-state index contributed by atoms with van der Waals surface area (Å²) in [7, 11) is 0. The van der Waals surface area contributed by atoms with Gasteiger partial charge in [-0.1, -0.05) is 13.8 Å². The fourth-order valence-corrected chi connectivity index (χ4v) is 0.960. The minimum Gasteiger partial charge on any atom is -0.481 e. The summed E-state index contributed by atoms with van der Waals surface area (Å²) in [5, 5.41) is 11.3. The molecular weight excluding hydrogens is 182 g/mol. The number of aliphatic carboxylic acids is 1. The Bertz CT molecular complexity index is 221. The van der Waals surface area contributed by atoms with Crippen LogP contribution in [0.4, 0.5) is 0 Å². The fourth-order valence-electron chi connectivity index (χ4n) is 0.960. The molecule has 0 saturated heterocycles. The van der Waals surface area contributed by atoms with E-state index in [1.54, 1.807) is 0 Å². The third-order valence-corrected chi connectivity index (χ3v) is 1.95. The lowest BCUT2D eigenvalue weighted by Gasteiger charge is -2.26. The standard InChI is InChI=1S/C10H19NO3/c1-7(2)9(14)11-10(3,4)6-5-8(12)13/h7H,5-6H2,1-4H3,(H,11,14)(H,12,13). The summed E-state index contributed by atoms with van der Waals surface area (Å²) in [5.74, 6) is -0.948. The zero-order chi connectivity index (χ0) is 11.4. The molecule has 0 heterocycles. The van der Waals surface area contributed by atoms with Crippen LogP contribution in [0.25, 0.3) is 0 Å². The smallest absolute Gasteiger partial charge is 0.303 e. The monoisotopic (exact) mass is 201 g/mol. The first kappa shape index (κ1) is 12.9. The molecule has 14 heavy (non-hydrogen) atoms. The van der Waals surface area contributed by atoms with Gasteiger partial charge in [0.1, 0.15) is 0 Å². The third kappa shape index (κ3) is 5.56. The van der Waals surface area contributed by atoms with Gasteiger partial charge in [0, 0.05) is 17.9 Å². The molecule has 0 fully saturated rings. The second-order valence-corrected chi connectivity index (χ2v) is 4.42. The maximum absolute atomic E-state index is 11.3. The van der Waals surface area contributed by atoms with E-state index in [1.807, 2.05) is 27.7 Å². The molecule has 0 aliphatic carbocycles. The molecule has 4 heteroatoms. The van der Waals surface area contributed by atoms with Crippen LogP contribution in [0.15, 0.2) is 0 Å². The highest BCUT2D eigenvalue weighted by Crippen LogP contribution is 2.12. The Labute approximate surface area is 84.7 Å². The molecule has 0 unspecified atom stereocenters. The van der Waals surface area contributed by atoms with Gasteiger partial charge in [-0.3, -0.25) is 9.59 Å². The van der Waals surface area contributed by atoms with Gasteiger partial charge in [-0.2, -0.15) is 0 Å².